The Morgan fingerprint density at radius 1 is 1.25 bits per heavy atom. The van der Waals surface area contributed by atoms with Gasteiger partial charge in [0.25, 0.3) is 0 Å². The smallest absolute Gasteiger partial charge is 0.211 e. The van der Waals surface area contributed by atoms with Crippen LogP contribution in [0.3, 0.4) is 0 Å². The third-order valence-electron chi connectivity index (χ3n) is 3.96. The van der Waals surface area contributed by atoms with Crippen molar-refractivity contribution in [2.75, 3.05) is 18.6 Å². The molecule has 2 aromatic heterocycles. The molecule has 0 N–H and O–H groups in total. The number of nitrogens with zero attached hydrogens (tertiary/aromatic N) is 5. The Balaban J connectivity index is 1.75. The van der Waals surface area contributed by atoms with Gasteiger partial charge in [-0.25, -0.2) is 13.4 Å². The minimum Gasteiger partial charge on any atom is -0.325 e. The van der Waals surface area contributed by atoms with Gasteiger partial charge in [-0.05, 0) is 23.9 Å². The fourth-order valence-corrected chi connectivity index (χ4v) is 6.79. The summed E-state index contributed by atoms with van der Waals surface area (Å²) in [5, 5.41) is 9.01. The molecule has 0 bridgehead atoms. The largest absolute Gasteiger partial charge is 0.325 e. The Labute approximate surface area is 174 Å². The molecule has 28 heavy (non-hydrogen) atoms. The molecule has 1 aliphatic heterocycles. The summed E-state index contributed by atoms with van der Waals surface area (Å²) in [7, 11) is -3.30. The SMILES string of the molecule is CS(=O)(=O)c1cnc(Sc2nnc(C3SCCN3C=O)n2-c2ccccc2)s1. The van der Waals surface area contributed by atoms with Gasteiger partial charge in [0.05, 0.1) is 6.20 Å². The molecule has 8 nitrogen and oxygen atoms in total. The Hall–Kier alpha value is -1.89. The number of thioether (sulfide) groups is 1. The van der Waals surface area contributed by atoms with E-state index in [0.717, 1.165) is 35.4 Å². The Bertz CT molecular complexity index is 1100. The van der Waals surface area contributed by atoms with Crippen LogP contribution in [0.5, 0.6) is 0 Å². The van der Waals surface area contributed by atoms with Crippen molar-refractivity contribution < 1.29 is 13.2 Å². The first-order valence-corrected chi connectivity index (χ1v) is 12.7. The van der Waals surface area contributed by atoms with Crippen LogP contribution in [0.15, 0.2) is 50.2 Å². The lowest BCUT2D eigenvalue weighted by molar-refractivity contribution is -0.118. The molecule has 12 heteroatoms. The van der Waals surface area contributed by atoms with Gasteiger partial charge in [-0.3, -0.25) is 9.36 Å². The number of rotatable bonds is 6. The van der Waals surface area contributed by atoms with Crippen molar-refractivity contribution in [3.05, 3.63) is 42.4 Å². The molecule has 4 rings (SSSR count). The molecular formula is C16H15N5O3S4. The van der Waals surface area contributed by atoms with E-state index in [1.807, 2.05) is 34.9 Å². The number of hydrogen-bond acceptors (Lipinski definition) is 9. The van der Waals surface area contributed by atoms with Gasteiger partial charge < -0.3 is 4.90 Å². The van der Waals surface area contributed by atoms with Crippen molar-refractivity contribution in [1.82, 2.24) is 24.6 Å². The molecular weight excluding hydrogens is 438 g/mol. The summed E-state index contributed by atoms with van der Waals surface area (Å²) in [4.78, 5) is 17.3. The van der Waals surface area contributed by atoms with Gasteiger partial charge in [-0.1, -0.05) is 29.5 Å². The fraction of sp³-hybridized carbons (Fsp3) is 0.250. The van der Waals surface area contributed by atoms with Crippen molar-refractivity contribution in [1.29, 1.82) is 0 Å². The fourth-order valence-electron chi connectivity index (χ4n) is 2.68. The maximum atomic E-state index is 11.7. The van der Waals surface area contributed by atoms with E-state index in [0.29, 0.717) is 21.9 Å². The molecule has 3 heterocycles. The van der Waals surface area contributed by atoms with Crippen LogP contribution < -0.4 is 0 Å². The lowest BCUT2D eigenvalue weighted by Crippen LogP contribution is -2.23. The van der Waals surface area contributed by atoms with E-state index >= 15 is 0 Å². The minimum absolute atomic E-state index is 0.208. The predicted molar refractivity (Wildman–Crippen MR) is 109 cm³/mol. The third kappa shape index (κ3) is 3.81. The number of carbonyl (C=O) groups is 1. The molecule has 0 radical (unpaired) electrons. The van der Waals surface area contributed by atoms with Crippen LogP contribution >= 0.6 is 34.9 Å². The molecule has 1 amide bonds. The number of sulfone groups is 1. The summed E-state index contributed by atoms with van der Waals surface area (Å²) in [6.07, 6.45) is 3.35. The van der Waals surface area contributed by atoms with Crippen LogP contribution in [0.4, 0.5) is 0 Å². The van der Waals surface area contributed by atoms with Crippen molar-refractivity contribution in [2.24, 2.45) is 0 Å². The zero-order valence-electron chi connectivity index (χ0n) is 14.6. The zero-order chi connectivity index (χ0) is 19.7. The minimum atomic E-state index is -3.30. The highest BCUT2D eigenvalue weighted by molar-refractivity contribution is 8.01. The molecule has 146 valence electrons. The van der Waals surface area contributed by atoms with Gasteiger partial charge in [0, 0.05) is 24.2 Å². The van der Waals surface area contributed by atoms with E-state index in [2.05, 4.69) is 15.2 Å². The van der Waals surface area contributed by atoms with Gasteiger partial charge in [-0.2, -0.15) is 0 Å². The van der Waals surface area contributed by atoms with Gasteiger partial charge in [-0.15, -0.1) is 22.0 Å². The number of benzene rings is 1. The third-order valence-corrected chi connectivity index (χ3v) is 8.99. The number of para-hydroxylation sites is 1. The highest BCUT2D eigenvalue weighted by Gasteiger charge is 2.32. The Kier molecular flexibility index (Phi) is 5.45. The van der Waals surface area contributed by atoms with Crippen molar-refractivity contribution >= 4 is 51.1 Å². The lowest BCUT2D eigenvalue weighted by Gasteiger charge is -2.19. The van der Waals surface area contributed by atoms with Crippen LogP contribution in [0.25, 0.3) is 5.69 Å². The molecule has 0 spiro atoms. The second-order valence-electron chi connectivity index (χ2n) is 5.90. The number of amides is 1. The summed E-state index contributed by atoms with van der Waals surface area (Å²) in [6, 6.07) is 9.62. The van der Waals surface area contributed by atoms with Gasteiger partial charge in [0.2, 0.25) is 11.6 Å². The topological polar surface area (TPSA) is 98.1 Å². The normalized spacial score (nSPS) is 17.2. The summed E-state index contributed by atoms with van der Waals surface area (Å²) in [6.45, 7) is 0.660. The molecule has 1 saturated heterocycles. The van der Waals surface area contributed by atoms with Crippen molar-refractivity contribution in [2.45, 2.75) is 19.1 Å². The summed E-state index contributed by atoms with van der Waals surface area (Å²) < 4.78 is 26.1. The average Bonchev–Trinajstić information content (AvgIpc) is 3.41. The standard InChI is InChI=1S/C16H15N5O3S4/c1-28(23,24)12-9-17-16(26-12)27-15-19-18-13(14-20(10-22)7-8-25-14)21(15)11-5-3-2-4-6-11/h2-6,9-10,14H,7-8H2,1H3. The van der Waals surface area contributed by atoms with Crippen LogP contribution in [0.1, 0.15) is 11.2 Å². The summed E-state index contributed by atoms with van der Waals surface area (Å²) >= 11 is 3.98. The highest BCUT2D eigenvalue weighted by atomic mass is 32.2. The van der Waals surface area contributed by atoms with E-state index in [-0.39, 0.29) is 9.58 Å². The molecule has 3 aromatic rings. The second-order valence-corrected chi connectivity index (χ2v) is 11.6. The molecule has 0 saturated carbocycles. The molecule has 0 aliphatic carbocycles. The first kappa shape index (κ1) is 19.4. The Morgan fingerprint density at radius 2 is 2.04 bits per heavy atom. The monoisotopic (exact) mass is 453 g/mol. The lowest BCUT2D eigenvalue weighted by atomic mass is 10.3. The molecule has 1 atom stereocenters. The van der Waals surface area contributed by atoms with E-state index in [9.17, 15) is 13.2 Å². The molecule has 1 fully saturated rings. The number of hydrogen-bond donors (Lipinski definition) is 0. The summed E-state index contributed by atoms with van der Waals surface area (Å²) in [5.41, 5.74) is 0.864. The molecule has 1 unspecified atom stereocenters. The maximum Gasteiger partial charge on any atom is 0.211 e. The van der Waals surface area contributed by atoms with E-state index in [1.165, 1.54) is 18.0 Å². The quantitative estimate of drug-likeness (QED) is 0.525. The number of aromatic nitrogens is 4. The van der Waals surface area contributed by atoms with Crippen LogP contribution in [0, 0.1) is 0 Å². The van der Waals surface area contributed by atoms with Crippen molar-refractivity contribution in [3.8, 4) is 5.69 Å². The Morgan fingerprint density at radius 3 is 2.71 bits per heavy atom. The predicted octanol–water partition coefficient (Wildman–Crippen LogP) is 2.48. The van der Waals surface area contributed by atoms with Gasteiger partial charge >= 0.3 is 0 Å². The summed E-state index contributed by atoms with van der Waals surface area (Å²) in [5.74, 6) is 1.49. The zero-order valence-corrected chi connectivity index (χ0v) is 17.9. The van der Waals surface area contributed by atoms with Gasteiger partial charge in [0.15, 0.2) is 20.0 Å². The number of carbonyl (C=O) groups excluding carboxylic acids is 1. The first-order valence-electron chi connectivity index (χ1n) is 8.14. The molecule has 1 aromatic carbocycles. The van der Waals surface area contributed by atoms with E-state index in [1.54, 1.807) is 16.7 Å². The van der Waals surface area contributed by atoms with Crippen LogP contribution in [-0.2, 0) is 14.6 Å². The highest BCUT2D eigenvalue weighted by Crippen LogP contribution is 2.40. The number of thiazole rings is 1. The maximum absolute atomic E-state index is 11.7. The van der Waals surface area contributed by atoms with E-state index < -0.39 is 9.84 Å². The van der Waals surface area contributed by atoms with Crippen molar-refractivity contribution in [3.63, 3.8) is 0 Å². The van der Waals surface area contributed by atoms with E-state index in [4.69, 9.17) is 0 Å². The second kappa shape index (κ2) is 7.85. The van der Waals surface area contributed by atoms with Crippen LogP contribution in [-0.4, -0.2) is 58.0 Å². The molecule has 1 aliphatic rings. The average molecular weight is 454 g/mol. The van der Waals surface area contributed by atoms with Crippen LogP contribution in [0.2, 0.25) is 0 Å². The van der Waals surface area contributed by atoms with Gasteiger partial charge in [0.1, 0.15) is 9.58 Å². The first-order chi connectivity index (χ1) is 13.5.